The molecule has 1 aromatic carbocycles. The Hall–Kier alpha value is -1.72. The van der Waals surface area contributed by atoms with E-state index < -0.39 is 0 Å². The van der Waals surface area contributed by atoms with Gasteiger partial charge in [-0.2, -0.15) is 0 Å². The molecule has 1 aromatic heterocycles. The maximum Gasteiger partial charge on any atom is 0.273 e. The zero-order valence-electron chi connectivity index (χ0n) is 13.4. The number of aliphatic hydroxyl groups excluding tert-OH is 1. The number of hydrogen-bond donors (Lipinski definition) is 1. The molecule has 23 heavy (non-hydrogen) atoms. The molecule has 3 rings (SSSR count). The first-order chi connectivity index (χ1) is 11.2. The first kappa shape index (κ1) is 16.1. The molecular formula is C18H22N2O2S. The summed E-state index contributed by atoms with van der Waals surface area (Å²) in [4.78, 5) is 19.3. The number of thiazole rings is 1. The lowest BCUT2D eigenvalue weighted by Gasteiger charge is -2.35. The number of carbonyl (C=O) groups is 1. The second-order valence-electron chi connectivity index (χ2n) is 6.01. The number of aliphatic hydroxyl groups is 1. The lowest BCUT2D eigenvalue weighted by molar-refractivity contribution is 0.0569. The minimum atomic E-state index is -0.000709. The van der Waals surface area contributed by atoms with Crippen molar-refractivity contribution < 1.29 is 9.90 Å². The van der Waals surface area contributed by atoms with Crippen LogP contribution in [0.5, 0.6) is 0 Å². The van der Waals surface area contributed by atoms with Gasteiger partial charge < -0.3 is 10.0 Å². The van der Waals surface area contributed by atoms with E-state index in [1.165, 1.54) is 11.3 Å². The summed E-state index contributed by atoms with van der Waals surface area (Å²) in [5, 5.41) is 12.0. The Balaban J connectivity index is 1.82. The Labute approximate surface area is 140 Å². The summed E-state index contributed by atoms with van der Waals surface area (Å²) in [7, 11) is 0. The van der Waals surface area contributed by atoms with Gasteiger partial charge in [-0.05, 0) is 38.2 Å². The third-order valence-corrected chi connectivity index (χ3v) is 5.32. The van der Waals surface area contributed by atoms with Crippen molar-refractivity contribution in [2.75, 3.05) is 13.2 Å². The molecule has 1 atom stereocenters. The number of aromatic nitrogens is 1. The van der Waals surface area contributed by atoms with Gasteiger partial charge in [-0.25, -0.2) is 4.98 Å². The number of aryl methyl sites for hydroxylation is 1. The summed E-state index contributed by atoms with van der Waals surface area (Å²) in [6, 6.07) is 8.24. The molecule has 5 heteroatoms. The van der Waals surface area contributed by atoms with Crippen LogP contribution in [0.2, 0.25) is 0 Å². The van der Waals surface area contributed by atoms with E-state index in [1.54, 1.807) is 0 Å². The predicted octanol–water partition coefficient (Wildman–Crippen LogP) is 3.50. The summed E-state index contributed by atoms with van der Waals surface area (Å²) in [6.07, 6.45) is 3.78. The van der Waals surface area contributed by atoms with Crippen LogP contribution in [0.3, 0.4) is 0 Å². The van der Waals surface area contributed by atoms with E-state index in [4.69, 9.17) is 0 Å². The van der Waals surface area contributed by atoms with Crippen molar-refractivity contribution in [1.29, 1.82) is 0 Å². The standard InChI is InChI=1S/C18H22N2O2S/c1-13-6-2-3-8-15(13)17-19-16(12-23-17)18(22)20-10-5-4-7-14(20)9-11-21/h2-3,6,8,12,14,21H,4-5,7,9-11H2,1H3. The Kier molecular flexibility index (Phi) is 5.08. The van der Waals surface area contributed by atoms with Crippen LogP contribution in [0.4, 0.5) is 0 Å². The molecule has 1 unspecified atom stereocenters. The van der Waals surface area contributed by atoms with E-state index >= 15 is 0 Å². The van der Waals surface area contributed by atoms with Crippen molar-refractivity contribution in [3.05, 3.63) is 40.9 Å². The van der Waals surface area contributed by atoms with Crippen molar-refractivity contribution in [3.8, 4) is 10.6 Å². The third-order valence-electron chi connectivity index (χ3n) is 4.45. The lowest BCUT2D eigenvalue weighted by Crippen LogP contribution is -2.44. The lowest BCUT2D eigenvalue weighted by atomic mass is 9.99. The van der Waals surface area contributed by atoms with Crippen LogP contribution in [-0.4, -0.2) is 40.1 Å². The maximum absolute atomic E-state index is 12.8. The summed E-state index contributed by atoms with van der Waals surface area (Å²) >= 11 is 1.52. The molecule has 2 heterocycles. The number of carbonyl (C=O) groups excluding carboxylic acids is 1. The first-order valence-corrected chi connectivity index (χ1v) is 9.02. The van der Waals surface area contributed by atoms with Crippen molar-refractivity contribution in [2.45, 2.75) is 38.6 Å². The molecule has 4 nitrogen and oxygen atoms in total. The van der Waals surface area contributed by atoms with Gasteiger partial charge in [0.25, 0.3) is 5.91 Å². The smallest absolute Gasteiger partial charge is 0.273 e. The molecule has 2 aromatic rings. The molecule has 0 spiro atoms. The third kappa shape index (κ3) is 3.46. The normalized spacial score (nSPS) is 18.2. The van der Waals surface area contributed by atoms with E-state index in [2.05, 4.69) is 18.0 Å². The van der Waals surface area contributed by atoms with Gasteiger partial charge in [0.2, 0.25) is 0 Å². The van der Waals surface area contributed by atoms with E-state index in [0.717, 1.165) is 41.9 Å². The van der Waals surface area contributed by atoms with E-state index in [9.17, 15) is 9.90 Å². The number of benzene rings is 1. The molecule has 122 valence electrons. The fourth-order valence-corrected chi connectivity index (χ4v) is 4.06. The van der Waals surface area contributed by atoms with Gasteiger partial charge in [0.05, 0.1) is 0 Å². The summed E-state index contributed by atoms with van der Waals surface area (Å²) in [5.41, 5.74) is 2.78. The molecule has 0 saturated carbocycles. The van der Waals surface area contributed by atoms with Crippen LogP contribution in [0.1, 0.15) is 41.7 Å². The van der Waals surface area contributed by atoms with Gasteiger partial charge in [-0.3, -0.25) is 4.79 Å². The van der Waals surface area contributed by atoms with Crippen molar-refractivity contribution in [3.63, 3.8) is 0 Å². The highest BCUT2D eigenvalue weighted by atomic mass is 32.1. The molecule has 1 fully saturated rings. The largest absolute Gasteiger partial charge is 0.396 e. The Bertz CT molecular complexity index is 681. The number of nitrogens with zero attached hydrogens (tertiary/aromatic N) is 2. The second kappa shape index (κ2) is 7.23. The van der Waals surface area contributed by atoms with Crippen molar-refractivity contribution in [1.82, 2.24) is 9.88 Å². The quantitative estimate of drug-likeness (QED) is 0.933. The second-order valence-corrected chi connectivity index (χ2v) is 6.87. The summed E-state index contributed by atoms with van der Waals surface area (Å²) in [5.74, 6) is -0.000709. The van der Waals surface area contributed by atoms with Gasteiger partial charge in [-0.1, -0.05) is 24.3 Å². The molecule has 1 N–H and O–H groups in total. The predicted molar refractivity (Wildman–Crippen MR) is 92.7 cm³/mol. The Morgan fingerprint density at radius 3 is 3.00 bits per heavy atom. The highest BCUT2D eigenvalue weighted by molar-refractivity contribution is 7.13. The van der Waals surface area contributed by atoms with E-state index in [-0.39, 0.29) is 18.6 Å². The highest BCUT2D eigenvalue weighted by Crippen LogP contribution is 2.28. The molecule has 0 aliphatic carbocycles. The van der Waals surface area contributed by atoms with Crippen LogP contribution < -0.4 is 0 Å². The number of likely N-dealkylation sites (tertiary alicyclic amines) is 1. The van der Waals surface area contributed by atoms with Crippen LogP contribution in [0.15, 0.2) is 29.6 Å². The first-order valence-electron chi connectivity index (χ1n) is 8.14. The molecule has 1 aliphatic heterocycles. The molecular weight excluding hydrogens is 308 g/mol. The minimum absolute atomic E-state index is 0.000709. The van der Waals surface area contributed by atoms with Crippen LogP contribution >= 0.6 is 11.3 Å². The SMILES string of the molecule is Cc1ccccc1-c1nc(C(=O)N2CCCCC2CCO)cs1. The van der Waals surface area contributed by atoms with Crippen molar-refractivity contribution >= 4 is 17.2 Å². The average molecular weight is 330 g/mol. The van der Waals surface area contributed by atoms with Gasteiger partial charge in [0.15, 0.2) is 0 Å². The Morgan fingerprint density at radius 1 is 1.39 bits per heavy atom. The van der Waals surface area contributed by atoms with Crippen LogP contribution in [0, 0.1) is 6.92 Å². The fraction of sp³-hybridized carbons (Fsp3) is 0.444. The molecule has 0 bridgehead atoms. The fourth-order valence-electron chi connectivity index (χ4n) is 3.17. The number of hydrogen-bond acceptors (Lipinski definition) is 4. The van der Waals surface area contributed by atoms with E-state index in [1.807, 2.05) is 28.5 Å². The van der Waals surface area contributed by atoms with Crippen LogP contribution in [0.25, 0.3) is 10.6 Å². The van der Waals surface area contributed by atoms with Crippen molar-refractivity contribution in [2.24, 2.45) is 0 Å². The molecule has 1 aliphatic rings. The number of amides is 1. The topological polar surface area (TPSA) is 53.4 Å². The minimum Gasteiger partial charge on any atom is -0.396 e. The van der Waals surface area contributed by atoms with Gasteiger partial charge in [0, 0.05) is 30.1 Å². The van der Waals surface area contributed by atoms with Crippen LogP contribution in [-0.2, 0) is 0 Å². The average Bonchev–Trinajstić information content (AvgIpc) is 3.05. The number of piperidine rings is 1. The zero-order valence-corrected chi connectivity index (χ0v) is 14.2. The molecule has 0 radical (unpaired) electrons. The van der Waals surface area contributed by atoms with Gasteiger partial charge in [0.1, 0.15) is 10.7 Å². The summed E-state index contributed by atoms with van der Waals surface area (Å²) < 4.78 is 0. The van der Waals surface area contributed by atoms with Gasteiger partial charge >= 0.3 is 0 Å². The van der Waals surface area contributed by atoms with E-state index in [0.29, 0.717) is 12.1 Å². The monoisotopic (exact) mass is 330 g/mol. The maximum atomic E-state index is 12.8. The number of rotatable bonds is 4. The zero-order chi connectivity index (χ0) is 16.2. The molecule has 1 amide bonds. The molecule has 1 saturated heterocycles. The highest BCUT2D eigenvalue weighted by Gasteiger charge is 2.28. The Morgan fingerprint density at radius 2 is 2.22 bits per heavy atom. The summed E-state index contributed by atoms with van der Waals surface area (Å²) in [6.45, 7) is 2.95. The van der Waals surface area contributed by atoms with Gasteiger partial charge in [-0.15, -0.1) is 11.3 Å².